The van der Waals surface area contributed by atoms with Gasteiger partial charge in [-0.3, -0.25) is 14.4 Å². The number of thioether (sulfide) groups is 1. The molecule has 9 heteroatoms. The van der Waals surface area contributed by atoms with E-state index < -0.39 is 11.9 Å². The minimum Gasteiger partial charge on any atom is -0.466 e. The van der Waals surface area contributed by atoms with Crippen molar-refractivity contribution < 1.29 is 19.1 Å². The number of aromatic nitrogens is 1. The van der Waals surface area contributed by atoms with E-state index in [4.69, 9.17) is 10.5 Å². The molecule has 0 radical (unpaired) electrons. The molecule has 1 aliphatic heterocycles. The van der Waals surface area contributed by atoms with Gasteiger partial charge in [0.2, 0.25) is 11.8 Å². The average Bonchev–Trinajstić information content (AvgIpc) is 3.00. The second-order valence-electron chi connectivity index (χ2n) is 5.38. The lowest BCUT2D eigenvalue weighted by Crippen LogP contribution is -2.51. The second-order valence-corrected chi connectivity index (χ2v) is 7.46. The van der Waals surface area contributed by atoms with E-state index in [-0.39, 0.29) is 24.1 Å². The molecule has 0 spiro atoms. The first-order valence-corrected chi connectivity index (χ1v) is 9.69. The van der Waals surface area contributed by atoms with Crippen LogP contribution in [-0.2, 0) is 25.5 Å². The molecule has 0 saturated carbocycles. The zero-order valence-electron chi connectivity index (χ0n) is 13.5. The third-order valence-corrected chi connectivity index (χ3v) is 5.69. The number of primary amides is 1. The molecule has 1 aliphatic rings. The van der Waals surface area contributed by atoms with Gasteiger partial charge in [-0.25, -0.2) is 4.98 Å². The first kappa shape index (κ1) is 18.7. The number of carbonyl (C=O) groups is 3. The van der Waals surface area contributed by atoms with Crippen molar-refractivity contribution in [2.75, 3.05) is 18.9 Å². The number of hydrogen-bond donors (Lipinski definition) is 1. The molecule has 1 fully saturated rings. The van der Waals surface area contributed by atoms with Gasteiger partial charge in [-0.05, 0) is 26.2 Å². The Morgan fingerprint density at radius 3 is 2.96 bits per heavy atom. The summed E-state index contributed by atoms with van der Waals surface area (Å²) < 4.78 is 5.60. The number of likely N-dealkylation sites (tertiary alicyclic amines) is 1. The van der Waals surface area contributed by atoms with Gasteiger partial charge in [0.05, 0.1) is 24.5 Å². The van der Waals surface area contributed by atoms with E-state index in [1.54, 1.807) is 17.2 Å². The molecule has 24 heavy (non-hydrogen) atoms. The number of nitrogens with zero attached hydrogens (tertiary/aromatic N) is 2. The van der Waals surface area contributed by atoms with Crippen molar-refractivity contribution in [2.45, 2.75) is 43.0 Å². The van der Waals surface area contributed by atoms with Crippen molar-refractivity contribution in [3.63, 3.8) is 0 Å². The number of esters is 1. The van der Waals surface area contributed by atoms with E-state index >= 15 is 0 Å². The lowest BCUT2D eigenvalue weighted by atomic mass is 10.0. The van der Waals surface area contributed by atoms with Gasteiger partial charge in [-0.2, -0.15) is 0 Å². The zero-order chi connectivity index (χ0) is 17.5. The molecule has 1 aromatic heterocycles. The van der Waals surface area contributed by atoms with Crippen molar-refractivity contribution >= 4 is 40.9 Å². The highest BCUT2D eigenvalue weighted by Crippen LogP contribution is 2.25. The number of amides is 2. The van der Waals surface area contributed by atoms with E-state index in [9.17, 15) is 14.4 Å². The molecule has 2 amide bonds. The number of ether oxygens (including phenoxy) is 1. The summed E-state index contributed by atoms with van der Waals surface area (Å²) in [5.41, 5.74) is 6.02. The fourth-order valence-corrected chi connectivity index (χ4v) is 4.26. The van der Waals surface area contributed by atoms with Crippen LogP contribution in [0.1, 0.15) is 31.9 Å². The van der Waals surface area contributed by atoms with Gasteiger partial charge in [-0.1, -0.05) is 11.8 Å². The van der Waals surface area contributed by atoms with Crippen LogP contribution in [0, 0.1) is 0 Å². The minimum atomic E-state index is -0.498. The molecular formula is C15H21N3O4S2. The Bertz CT molecular complexity index is 605. The van der Waals surface area contributed by atoms with Crippen molar-refractivity contribution in [1.29, 1.82) is 0 Å². The molecule has 132 valence electrons. The minimum absolute atomic E-state index is 0.106. The van der Waals surface area contributed by atoms with Crippen LogP contribution in [0.3, 0.4) is 0 Å². The molecule has 0 bridgehead atoms. The van der Waals surface area contributed by atoms with Crippen molar-refractivity contribution in [3.05, 3.63) is 11.1 Å². The number of thiazole rings is 1. The molecule has 1 aromatic rings. The monoisotopic (exact) mass is 371 g/mol. The van der Waals surface area contributed by atoms with Crippen molar-refractivity contribution in [2.24, 2.45) is 5.73 Å². The van der Waals surface area contributed by atoms with Crippen LogP contribution in [0.25, 0.3) is 0 Å². The van der Waals surface area contributed by atoms with Gasteiger partial charge >= 0.3 is 5.97 Å². The van der Waals surface area contributed by atoms with Crippen LogP contribution >= 0.6 is 23.1 Å². The van der Waals surface area contributed by atoms with E-state index in [1.807, 2.05) is 0 Å². The number of carbonyl (C=O) groups excluding carboxylic acids is 3. The molecule has 1 atom stereocenters. The third kappa shape index (κ3) is 5.20. The maximum Gasteiger partial charge on any atom is 0.311 e. The van der Waals surface area contributed by atoms with E-state index in [0.29, 0.717) is 25.3 Å². The predicted molar refractivity (Wildman–Crippen MR) is 91.7 cm³/mol. The largest absolute Gasteiger partial charge is 0.466 e. The van der Waals surface area contributed by atoms with Gasteiger partial charge in [0.15, 0.2) is 4.34 Å². The van der Waals surface area contributed by atoms with Crippen LogP contribution in [0.15, 0.2) is 9.72 Å². The first-order valence-electron chi connectivity index (χ1n) is 7.83. The second kappa shape index (κ2) is 9.03. The average molecular weight is 371 g/mol. The Morgan fingerprint density at radius 1 is 1.46 bits per heavy atom. The van der Waals surface area contributed by atoms with Crippen LogP contribution in [0.2, 0.25) is 0 Å². The maximum absolute atomic E-state index is 12.4. The maximum atomic E-state index is 12.4. The van der Waals surface area contributed by atoms with E-state index in [1.165, 1.54) is 23.1 Å². The Kier molecular flexibility index (Phi) is 7.04. The fraction of sp³-hybridized carbons (Fsp3) is 0.600. The molecular weight excluding hydrogens is 350 g/mol. The van der Waals surface area contributed by atoms with Gasteiger partial charge in [0.25, 0.3) is 0 Å². The lowest BCUT2D eigenvalue weighted by molar-refractivity contribution is -0.142. The van der Waals surface area contributed by atoms with Crippen LogP contribution in [-0.4, -0.2) is 52.6 Å². The van der Waals surface area contributed by atoms with Gasteiger partial charge in [-0.15, -0.1) is 11.3 Å². The quantitative estimate of drug-likeness (QED) is 0.571. The topological polar surface area (TPSA) is 103 Å². The van der Waals surface area contributed by atoms with Crippen LogP contribution < -0.4 is 5.73 Å². The van der Waals surface area contributed by atoms with E-state index in [0.717, 1.165) is 17.2 Å². The smallest absolute Gasteiger partial charge is 0.311 e. The summed E-state index contributed by atoms with van der Waals surface area (Å²) >= 11 is 2.70. The van der Waals surface area contributed by atoms with Gasteiger partial charge < -0.3 is 15.4 Å². The summed E-state index contributed by atoms with van der Waals surface area (Å²) in [4.78, 5) is 41.1. The Balaban J connectivity index is 1.86. The summed E-state index contributed by atoms with van der Waals surface area (Å²) in [7, 11) is 0. The predicted octanol–water partition coefficient (Wildman–Crippen LogP) is 1.21. The highest BCUT2D eigenvalue weighted by atomic mass is 32.2. The highest BCUT2D eigenvalue weighted by molar-refractivity contribution is 8.01. The molecule has 1 saturated heterocycles. The van der Waals surface area contributed by atoms with Crippen molar-refractivity contribution in [3.8, 4) is 0 Å². The van der Waals surface area contributed by atoms with Crippen LogP contribution in [0.4, 0.5) is 0 Å². The molecule has 2 rings (SSSR count). The SMILES string of the molecule is CCOC(=O)Cc1csc(SCC(=O)N2CCCCC2C(N)=O)n1. The Hall–Kier alpha value is -1.61. The Morgan fingerprint density at radius 2 is 2.25 bits per heavy atom. The summed E-state index contributed by atoms with van der Waals surface area (Å²) in [6, 6.07) is -0.498. The van der Waals surface area contributed by atoms with Gasteiger partial charge in [0, 0.05) is 11.9 Å². The summed E-state index contributed by atoms with van der Waals surface area (Å²) in [6.07, 6.45) is 2.57. The molecule has 2 N–H and O–H groups in total. The number of piperidine rings is 1. The summed E-state index contributed by atoms with van der Waals surface area (Å²) in [6.45, 7) is 2.67. The lowest BCUT2D eigenvalue weighted by Gasteiger charge is -2.33. The standard InChI is InChI=1S/C15H21N3O4S2/c1-2-22-13(20)7-10-8-23-15(17-10)24-9-12(19)18-6-4-3-5-11(18)14(16)21/h8,11H,2-7,9H2,1H3,(H2,16,21). The van der Waals surface area contributed by atoms with Gasteiger partial charge in [0.1, 0.15) is 6.04 Å². The highest BCUT2D eigenvalue weighted by Gasteiger charge is 2.30. The summed E-state index contributed by atoms with van der Waals surface area (Å²) in [5, 5.41) is 1.79. The zero-order valence-corrected chi connectivity index (χ0v) is 15.2. The summed E-state index contributed by atoms with van der Waals surface area (Å²) in [5.74, 6) is -0.659. The molecule has 0 aliphatic carbocycles. The fourth-order valence-electron chi connectivity index (χ4n) is 2.53. The normalized spacial score (nSPS) is 17.5. The Labute approximate surface area is 148 Å². The number of hydrogen-bond acceptors (Lipinski definition) is 7. The molecule has 7 nitrogen and oxygen atoms in total. The van der Waals surface area contributed by atoms with Crippen molar-refractivity contribution in [1.82, 2.24) is 9.88 Å². The van der Waals surface area contributed by atoms with E-state index in [2.05, 4.69) is 4.98 Å². The molecule has 0 aromatic carbocycles. The first-order chi connectivity index (χ1) is 11.5. The molecule has 2 heterocycles. The molecule has 1 unspecified atom stereocenters. The van der Waals surface area contributed by atoms with Crippen LogP contribution in [0.5, 0.6) is 0 Å². The third-order valence-electron chi connectivity index (χ3n) is 3.63. The number of nitrogens with two attached hydrogens (primary N) is 1. The number of rotatable bonds is 7.